The molecule has 0 heterocycles. The Balaban J connectivity index is 2.08. The fourth-order valence-electron chi connectivity index (χ4n) is 2.35. The van der Waals surface area contributed by atoms with Gasteiger partial charge in [0.2, 0.25) is 0 Å². The topological polar surface area (TPSA) is 46.2 Å². The average molecular weight is 233 g/mol. The van der Waals surface area contributed by atoms with Gasteiger partial charge in [0.1, 0.15) is 9.84 Å². The van der Waals surface area contributed by atoms with Gasteiger partial charge in [-0.15, -0.1) is 0 Å². The SMILES string of the molecule is CC(CS(C)(=O)=O)NCCC1CCCC1. The van der Waals surface area contributed by atoms with Crippen LogP contribution in [0.5, 0.6) is 0 Å². The van der Waals surface area contributed by atoms with Gasteiger partial charge in [0.05, 0.1) is 5.75 Å². The van der Waals surface area contributed by atoms with E-state index in [0.29, 0.717) is 0 Å². The molecule has 0 aliphatic heterocycles. The molecular formula is C11H23NO2S. The maximum Gasteiger partial charge on any atom is 0.148 e. The molecule has 90 valence electrons. The van der Waals surface area contributed by atoms with E-state index in [1.54, 1.807) is 0 Å². The highest BCUT2D eigenvalue weighted by Gasteiger charge is 2.15. The van der Waals surface area contributed by atoms with E-state index in [-0.39, 0.29) is 11.8 Å². The summed E-state index contributed by atoms with van der Waals surface area (Å²) in [6, 6.07) is 0.0846. The maximum absolute atomic E-state index is 11.0. The highest BCUT2D eigenvalue weighted by atomic mass is 32.2. The summed E-state index contributed by atoms with van der Waals surface area (Å²) in [5.41, 5.74) is 0. The molecule has 1 atom stereocenters. The lowest BCUT2D eigenvalue weighted by atomic mass is 10.0. The molecule has 0 saturated heterocycles. The Morgan fingerprint density at radius 2 is 1.93 bits per heavy atom. The van der Waals surface area contributed by atoms with Crippen molar-refractivity contribution in [3.8, 4) is 0 Å². The summed E-state index contributed by atoms with van der Waals surface area (Å²) in [7, 11) is -2.84. The van der Waals surface area contributed by atoms with Gasteiger partial charge in [-0.3, -0.25) is 0 Å². The van der Waals surface area contributed by atoms with Crippen LogP contribution in [0.2, 0.25) is 0 Å². The van der Waals surface area contributed by atoms with Gasteiger partial charge in [0, 0.05) is 12.3 Å². The van der Waals surface area contributed by atoms with Crippen LogP contribution in [0.4, 0.5) is 0 Å². The molecule has 1 fully saturated rings. The highest BCUT2D eigenvalue weighted by molar-refractivity contribution is 7.90. The quantitative estimate of drug-likeness (QED) is 0.758. The molecule has 0 aromatic rings. The minimum atomic E-state index is -2.84. The summed E-state index contributed by atoms with van der Waals surface area (Å²) in [6.45, 7) is 2.90. The third-order valence-corrected chi connectivity index (χ3v) is 4.18. The summed E-state index contributed by atoms with van der Waals surface area (Å²) < 4.78 is 22.0. The molecule has 0 bridgehead atoms. The molecule has 3 nitrogen and oxygen atoms in total. The zero-order chi connectivity index (χ0) is 11.3. The zero-order valence-corrected chi connectivity index (χ0v) is 10.6. The largest absolute Gasteiger partial charge is 0.313 e. The van der Waals surface area contributed by atoms with Crippen LogP contribution in [-0.2, 0) is 9.84 Å². The molecule has 1 N–H and O–H groups in total. The van der Waals surface area contributed by atoms with Crippen molar-refractivity contribution in [2.75, 3.05) is 18.6 Å². The van der Waals surface area contributed by atoms with Crippen molar-refractivity contribution in [1.82, 2.24) is 5.32 Å². The molecule has 0 aromatic carbocycles. The maximum atomic E-state index is 11.0. The third-order valence-electron chi connectivity index (χ3n) is 3.07. The molecule has 15 heavy (non-hydrogen) atoms. The molecule has 0 aromatic heterocycles. The van der Waals surface area contributed by atoms with Crippen molar-refractivity contribution in [3.05, 3.63) is 0 Å². The predicted octanol–water partition coefficient (Wildman–Crippen LogP) is 1.59. The van der Waals surface area contributed by atoms with Crippen LogP contribution in [0.1, 0.15) is 39.0 Å². The van der Waals surface area contributed by atoms with Gasteiger partial charge in [-0.05, 0) is 25.8 Å². The van der Waals surface area contributed by atoms with E-state index in [9.17, 15) is 8.42 Å². The normalized spacial score (nSPS) is 20.7. The Kier molecular flexibility index (Phi) is 5.06. The molecular weight excluding hydrogens is 210 g/mol. The standard InChI is InChI=1S/C11H23NO2S/c1-10(9-15(2,13)14)12-8-7-11-5-3-4-6-11/h10-12H,3-9H2,1-2H3. The molecule has 1 aliphatic rings. The van der Waals surface area contributed by atoms with Gasteiger partial charge in [0.15, 0.2) is 0 Å². The zero-order valence-electron chi connectivity index (χ0n) is 9.83. The summed E-state index contributed by atoms with van der Waals surface area (Å²) in [4.78, 5) is 0. The average Bonchev–Trinajstić information content (AvgIpc) is 2.53. The van der Waals surface area contributed by atoms with E-state index in [1.165, 1.54) is 38.4 Å². The minimum Gasteiger partial charge on any atom is -0.313 e. The first-order valence-electron chi connectivity index (χ1n) is 5.88. The molecule has 1 rings (SSSR count). The third kappa shape index (κ3) is 6.15. The van der Waals surface area contributed by atoms with Crippen molar-refractivity contribution in [1.29, 1.82) is 0 Å². The lowest BCUT2D eigenvalue weighted by Crippen LogP contribution is -2.33. The lowest BCUT2D eigenvalue weighted by molar-refractivity contribution is 0.458. The first-order valence-corrected chi connectivity index (χ1v) is 7.94. The molecule has 4 heteroatoms. The minimum absolute atomic E-state index is 0.0846. The lowest BCUT2D eigenvalue weighted by Gasteiger charge is -2.14. The smallest absolute Gasteiger partial charge is 0.148 e. The van der Waals surface area contributed by atoms with E-state index < -0.39 is 9.84 Å². The van der Waals surface area contributed by atoms with Crippen LogP contribution >= 0.6 is 0 Å². The van der Waals surface area contributed by atoms with Gasteiger partial charge in [0.25, 0.3) is 0 Å². The van der Waals surface area contributed by atoms with Crippen molar-refractivity contribution in [2.45, 2.75) is 45.1 Å². The van der Waals surface area contributed by atoms with E-state index in [0.717, 1.165) is 12.5 Å². The van der Waals surface area contributed by atoms with Crippen LogP contribution < -0.4 is 5.32 Å². The summed E-state index contributed by atoms with van der Waals surface area (Å²) >= 11 is 0. The Morgan fingerprint density at radius 1 is 1.33 bits per heavy atom. The molecule has 0 amide bonds. The van der Waals surface area contributed by atoms with E-state index in [2.05, 4.69) is 5.32 Å². The summed E-state index contributed by atoms with van der Waals surface area (Å²) in [6.07, 6.45) is 7.98. The number of nitrogens with one attached hydrogen (secondary N) is 1. The predicted molar refractivity (Wildman–Crippen MR) is 63.8 cm³/mol. The van der Waals surface area contributed by atoms with E-state index in [4.69, 9.17) is 0 Å². The van der Waals surface area contributed by atoms with Gasteiger partial charge in [-0.25, -0.2) is 8.42 Å². The second-order valence-corrected chi connectivity index (χ2v) is 7.07. The first kappa shape index (κ1) is 13.0. The van der Waals surface area contributed by atoms with Crippen LogP contribution in [0.15, 0.2) is 0 Å². The van der Waals surface area contributed by atoms with Crippen LogP contribution in [0.3, 0.4) is 0 Å². The van der Waals surface area contributed by atoms with Crippen LogP contribution in [0.25, 0.3) is 0 Å². The molecule has 1 aliphatic carbocycles. The monoisotopic (exact) mass is 233 g/mol. The van der Waals surface area contributed by atoms with Crippen molar-refractivity contribution < 1.29 is 8.42 Å². The first-order chi connectivity index (χ1) is 6.97. The molecule has 1 unspecified atom stereocenters. The van der Waals surface area contributed by atoms with Crippen molar-refractivity contribution in [3.63, 3.8) is 0 Å². The van der Waals surface area contributed by atoms with Crippen LogP contribution in [-0.4, -0.2) is 33.0 Å². The second kappa shape index (κ2) is 5.85. The van der Waals surface area contributed by atoms with Gasteiger partial charge in [-0.1, -0.05) is 25.7 Å². The number of hydrogen-bond donors (Lipinski definition) is 1. The van der Waals surface area contributed by atoms with E-state index in [1.807, 2.05) is 6.92 Å². The summed E-state index contributed by atoms with van der Waals surface area (Å²) in [5, 5.41) is 3.29. The van der Waals surface area contributed by atoms with Crippen LogP contribution in [0, 0.1) is 5.92 Å². The Bertz CT molecular complexity index is 268. The molecule has 0 radical (unpaired) electrons. The number of sulfone groups is 1. The Morgan fingerprint density at radius 3 is 2.47 bits per heavy atom. The highest BCUT2D eigenvalue weighted by Crippen LogP contribution is 2.26. The Hall–Kier alpha value is -0.0900. The Labute approximate surface area is 93.6 Å². The number of hydrogen-bond acceptors (Lipinski definition) is 3. The van der Waals surface area contributed by atoms with Gasteiger partial charge in [-0.2, -0.15) is 0 Å². The summed E-state index contributed by atoms with van der Waals surface area (Å²) in [5.74, 6) is 1.13. The van der Waals surface area contributed by atoms with Crippen molar-refractivity contribution in [2.24, 2.45) is 5.92 Å². The molecule has 0 spiro atoms. The number of rotatable bonds is 6. The van der Waals surface area contributed by atoms with E-state index >= 15 is 0 Å². The fraction of sp³-hybridized carbons (Fsp3) is 1.00. The van der Waals surface area contributed by atoms with Gasteiger partial charge < -0.3 is 5.32 Å². The van der Waals surface area contributed by atoms with Gasteiger partial charge >= 0.3 is 0 Å². The molecule has 1 saturated carbocycles. The fourth-order valence-corrected chi connectivity index (χ4v) is 3.37. The van der Waals surface area contributed by atoms with Crippen molar-refractivity contribution >= 4 is 9.84 Å². The second-order valence-electron chi connectivity index (χ2n) is 4.89.